The summed E-state index contributed by atoms with van der Waals surface area (Å²) >= 11 is 0. The van der Waals surface area contributed by atoms with Crippen molar-refractivity contribution < 1.29 is 9.21 Å². The van der Waals surface area contributed by atoms with Gasteiger partial charge in [0, 0.05) is 25.5 Å². The van der Waals surface area contributed by atoms with Crippen molar-refractivity contribution in [2.45, 2.75) is 26.7 Å². The van der Waals surface area contributed by atoms with Crippen LogP contribution in [0.25, 0.3) is 11.3 Å². The number of aryl methyl sites for hydroxylation is 2. The van der Waals surface area contributed by atoms with Crippen molar-refractivity contribution >= 4 is 5.91 Å². The van der Waals surface area contributed by atoms with Crippen LogP contribution in [0.4, 0.5) is 0 Å². The van der Waals surface area contributed by atoms with Gasteiger partial charge in [0.05, 0.1) is 6.42 Å². The minimum absolute atomic E-state index is 0.0168. The molecule has 128 valence electrons. The van der Waals surface area contributed by atoms with Gasteiger partial charge < -0.3 is 9.73 Å². The molecule has 2 aromatic carbocycles. The van der Waals surface area contributed by atoms with E-state index in [4.69, 9.17) is 4.42 Å². The van der Waals surface area contributed by atoms with Crippen molar-refractivity contribution in [2.24, 2.45) is 0 Å². The summed E-state index contributed by atoms with van der Waals surface area (Å²) in [4.78, 5) is 16.6. The van der Waals surface area contributed by atoms with Gasteiger partial charge in [0.25, 0.3) is 0 Å². The van der Waals surface area contributed by atoms with E-state index < -0.39 is 0 Å². The zero-order valence-electron chi connectivity index (χ0n) is 14.6. The molecule has 0 fully saturated rings. The van der Waals surface area contributed by atoms with E-state index in [1.165, 1.54) is 0 Å². The van der Waals surface area contributed by atoms with Crippen molar-refractivity contribution in [3.05, 3.63) is 77.4 Å². The molecule has 1 N–H and O–H groups in total. The number of hydrogen-bond acceptors (Lipinski definition) is 3. The molecule has 0 spiro atoms. The van der Waals surface area contributed by atoms with Crippen LogP contribution in [0.1, 0.15) is 22.8 Å². The molecular formula is C21H22N2O2. The maximum Gasteiger partial charge on any atom is 0.224 e. The average Bonchev–Trinajstić information content (AvgIpc) is 2.96. The molecule has 25 heavy (non-hydrogen) atoms. The van der Waals surface area contributed by atoms with Crippen LogP contribution >= 0.6 is 0 Å². The first-order valence-corrected chi connectivity index (χ1v) is 8.46. The van der Waals surface area contributed by atoms with E-state index in [9.17, 15) is 4.79 Å². The molecule has 0 bridgehead atoms. The van der Waals surface area contributed by atoms with E-state index in [1.54, 1.807) is 0 Å². The van der Waals surface area contributed by atoms with Crippen molar-refractivity contribution in [3.63, 3.8) is 0 Å². The standard InChI is InChI=1S/C21H22N2O2/c1-15-7-6-8-17(13-15)14-20(24)22-12-11-19-21(23-16(2)25-19)18-9-4-3-5-10-18/h3-10,13H,11-12,14H2,1-2H3,(H,22,24). The second-order valence-electron chi connectivity index (χ2n) is 6.14. The fourth-order valence-electron chi connectivity index (χ4n) is 2.85. The van der Waals surface area contributed by atoms with Gasteiger partial charge in [-0.15, -0.1) is 0 Å². The Kier molecular flexibility index (Phi) is 5.29. The van der Waals surface area contributed by atoms with Crippen LogP contribution in [-0.2, 0) is 17.6 Å². The molecule has 0 atom stereocenters. The van der Waals surface area contributed by atoms with E-state index in [0.29, 0.717) is 25.3 Å². The molecule has 0 unspecified atom stereocenters. The molecule has 4 nitrogen and oxygen atoms in total. The Labute approximate surface area is 147 Å². The van der Waals surface area contributed by atoms with Gasteiger partial charge >= 0.3 is 0 Å². The number of rotatable bonds is 6. The van der Waals surface area contributed by atoms with E-state index in [2.05, 4.69) is 10.3 Å². The van der Waals surface area contributed by atoms with Crippen LogP contribution in [0.5, 0.6) is 0 Å². The highest BCUT2D eigenvalue weighted by molar-refractivity contribution is 5.78. The first-order chi connectivity index (χ1) is 12.1. The Morgan fingerprint density at radius 1 is 1.08 bits per heavy atom. The minimum atomic E-state index is 0.0168. The normalized spacial score (nSPS) is 10.6. The molecule has 3 aromatic rings. The Morgan fingerprint density at radius 3 is 2.64 bits per heavy atom. The second-order valence-corrected chi connectivity index (χ2v) is 6.14. The quantitative estimate of drug-likeness (QED) is 0.745. The lowest BCUT2D eigenvalue weighted by Crippen LogP contribution is -2.27. The van der Waals surface area contributed by atoms with Gasteiger partial charge in [0.15, 0.2) is 5.89 Å². The van der Waals surface area contributed by atoms with Crippen LogP contribution in [0.15, 0.2) is 59.0 Å². The number of nitrogens with zero attached hydrogens (tertiary/aromatic N) is 1. The van der Waals surface area contributed by atoms with Crippen molar-refractivity contribution in [3.8, 4) is 11.3 Å². The number of hydrogen-bond donors (Lipinski definition) is 1. The number of carbonyl (C=O) groups is 1. The summed E-state index contributed by atoms with van der Waals surface area (Å²) < 4.78 is 5.72. The van der Waals surface area contributed by atoms with Gasteiger partial charge in [0.2, 0.25) is 5.91 Å². The molecule has 3 rings (SSSR count). The van der Waals surface area contributed by atoms with E-state index in [0.717, 1.165) is 28.1 Å². The van der Waals surface area contributed by atoms with Gasteiger partial charge in [-0.05, 0) is 12.5 Å². The van der Waals surface area contributed by atoms with Crippen molar-refractivity contribution in [1.29, 1.82) is 0 Å². The summed E-state index contributed by atoms with van der Waals surface area (Å²) in [6.45, 7) is 4.39. The third-order valence-corrected chi connectivity index (χ3v) is 3.97. The third-order valence-electron chi connectivity index (χ3n) is 3.97. The van der Waals surface area contributed by atoms with Gasteiger partial charge in [-0.1, -0.05) is 60.2 Å². The smallest absolute Gasteiger partial charge is 0.224 e. The zero-order valence-corrected chi connectivity index (χ0v) is 14.6. The van der Waals surface area contributed by atoms with Crippen molar-refractivity contribution in [1.82, 2.24) is 10.3 Å². The SMILES string of the molecule is Cc1cccc(CC(=O)NCCc2oc(C)nc2-c2ccccc2)c1. The highest BCUT2D eigenvalue weighted by atomic mass is 16.4. The summed E-state index contributed by atoms with van der Waals surface area (Å²) in [7, 11) is 0. The van der Waals surface area contributed by atoms with Crippen LogP contribution < -0.4 is 5.32 Å². The number of carbonyl (C=O) groups excluding carboxylic acids is 1. The van der Waals surface area contributed by atoms with E-state index in [1.807, 2.05) is 68.4 Å². The molecule has 4 heteroatoms. The average molecular weight is 334 g/mol. The Balaban J connectivity index is 1.58. The Hall–Kier alpha value is -2.88. The summed E-state index contributed by atoms with van der Waals surface area (Å²) in [6.07, 6.45) is 1.01. The zero-order chi connectivity index (χ0) is 17.6. The lowest BCUT2D eigenvalue weighted by Gasteiger charge is -2.06. The summed E-state index contributed by atoms with van der Waals surface area (Å²) in [6, 6.07) is 18.0. The molecule has 0 aliphatic heterocycles. The van der Waals surface area contributed by atoms with Gasteiger partial charge in [-0.2, -0.15) is 0 Å². The number of aromatic nitrogens is 1. The second kappa shape index (κ2) is 7.79. The third kappa shape index (κ3) is 4.57. The van der Waals surface area contributed by atoms with E-state index in [-0.39, 0.29) is 5.91 Å². The number of amides is 1. The molecule has 0 saturated carbocycles. The highest BCUT2D eigenvalue weighted by Gasteiger charge is 2.13. The fourth-order valence-corrected chi connectivity index (χ4v) is 2.85. The minimum Gasteiger partial charge on any atom is -0.445 e. The topological polar surface area (TPSA) is 55.1 Å². The molecule has 1 heterocycles. The van der Waals surface area contributed by atoms with E-state index >= 15 is 0 Å². The Morgan fingerprint density at radius 2 is 1.88 bits per heavy atom. The predicted molar refractivity (Wildman–Crippen MR) is 98.3 cm³/mol. The predicted octanol–water partition coefficient (Wildman–Crippen LogP) is 3.86. The van der Waals surface area contributed by atoms with Crippen molar-refractivity contribution in [2.75, 3.05) is 6.54 Å². The lowest BCUT2D eigenvalue weighted by molar-refractivity contribution is -0.120. The van der Waals surface area contributed by atoms with Crippen LogP contribution in [-0.4, -0.2) is 17.4 Å². The van der Waals surface area contributed by atoms with Crippen LogP contribution in [0, 0.1) is 13.8 Å². The monoisotopic (exact) mass is 334 g/mol. The molecule has 0 aliphatic rings. The molecule has 1 amide bonds. The molecule has 0 saturated heterocycles. The first-order valence-electron chi connectivity index (χ1n) is 8.46. The van der Waals surface area contributed by atoms with Gasteiger partial charge in [-0.3, -0.25) is 4.79 Å². The number of oxazole rings is 1. The van der Waals surface area contributed by atoms with Crippen LogP contribution in [0.2, 0.25) is 0 Å². The number of benzene rings is 2. The van der Waals surface area contributed by atoms with Crippen LogP contribution in [0.3, 0.4) is 0 Å². The molecular weight excluding hydrogens is 312 g/mol. The summed E-state index contributed by atoms with van der Waals surface area (Å²) in [5, 5.41) is 2.96. The maximum absolute atomic E-state index is 12.1. The molecule has 1 aromatic heterocycles. The Bertz CT molecular complexity index is 853. The first kappa shape index (κ1) is 17.0. The fraction of sp³-hybridized carbons (Fsp3) is 0.238. The summed E-state index contributed by atoms with van der Waals surface area (Å²) in [5.41, 5.74) is 4.07. The summed E-state index contributed by atoms with van der Waals surface area (Å²) in [5.74, 6) is 1.46. The van der Waals surface area contributed by atoms with Gasteiger partial charge in [0.1, 0.15) is 11.5 Å². The maximum atomic E-state index is 12.1. The molecule has 0 radical (unpaired) electrons. The highest BCUT2D eigenvalue weighted by Crippen LogP contribution is 2.23. The largest absolute Gasteiger partial charge is 0.445 e. The number of nitrogens with one attached hydrogen (secondary N) is 1. The molecule has 0 aliphatic carbocycles. The lowest BCUT2D eigenvalue weighted by atomic mass is 10.1. The van der Waals surface area contributed by atoms with Gasteiger partial charge in [-0.25, -0.2) is 4.98 Å².